The quantitative estimate of drug-likeness (QED) is 0.646. The van der Waals surface area contributed by atoms with E-state index < -0.39 is 0 Å². The largest absolute Gasteiger partial charge is 0.493 e. The molecule has 0 radical (unpaired) electrons. The highest BCUT2D eigenvalue weighted by Gasteiger charge is 2.18. The highest BCUT2D eigenvalue weighted by atomic mass is 19.1. The highest BCUT2D eigenvalue weighted by Crippen LogP contribution is 2.31. The second kappa shape index (κ2) is 9.05. The first-order valence-corrected chi connectivity index (χ1v) is 8.90. The smallest absolute Gasteiger partial charge is 0.322 e. The summed E-state index contributed by atoms with van der Waals surface area (Å²) in [5.74, 6) is 1.42. The number of methoxy groups -OCH3 is 2. The van der Waals surface area contributed by atoms with Gasteiger partial charge in [0.1, 0.15) is 12.4 Å². The minimum atomic E-state index is -0.371. The summed E-state index contributed by atoms with van der Waals surface area (Å²) in [5, 5.41) is 6.68. The molecule has 1 N–H and O–H groups in total. The molecule has 8 nitrogen and oxygen atoms in total. The second-order valence-corrected chi connectivity index (χ2v) is 6.03. The first-order chi connectivity index (χ1) is 14.0. The fourth-order valence-corrected chi connectivity index (χ4v) is 2.64. The third-order valence-corrected chi connectivity index (χ3v) is 4.20. The Morgan fingerprint density at radius 3 is 2.52 bits per heavy atom. The van der Waals surface area contributed by atoms with Crippen molar-refractivity contribution in [3.63, 3.8) is 0 Å². The Kier molecular flexibility index (Phi) is 6.28. The fourth-order valence-electron chi connectivity index (χ4n) is 2.64. The maximum absolute atomic E-state index is 13.0. The van der Waals surface area contributed by atoms with Crippen LogP contribution in [-0.2, 0) is 6.54 Å². The number of hydrogen-bond acceptors (Lipinski definition) is 6. The van der Waals surface area contributed by atoms with Crippen molar-refractivity contribution in [1.82, 2.24) is 15.0 Å². The van der Waals surface area contributed by atoms with Gasteiger partial charge in [0.15, 0.2) is 11.5 Å². The van der Waals surface area contributed by atoms with Crippen LogP contribution < -0.4 is 14.8 Å². The molecule has 3 aromatic rings. The summed E-state index contributed by atoms with van der Waals surface area (Å²) >= 11 is 0. The van der Waals surface area contributed by atoms with Crippen molar-refractivity contribution in [2.75, 3.05) is 26.1 Å². The van der Waals surface area contributed by atoms with Crippen molar-refractivity contribution < 1.29 is 23.2 Å². The Morgan fingerprint density at radius 1 is 1.14 bits per heavy atom. The molecule has 0 fully saturated rings. The van der Waals surface area contributed by atoms with Gasteiger partial charge in [-0.25, -0.2) is 9.18 Å². The Hall–Kier alpha value is -3.62. The van der Waals surface area contributed by atoms with Crippen LogP contribution in [0.5, 0.6) is 11.5 Å². The van der Waals surface area contributed by atoms with Gasteiger partial charge < -0.3 is 24.2 Å². The van der Waals surface area contributed by atoms with Gasteiger partial charge in [0, 0.05) is 17.8 Å². The van der Waals surface area contributed by atoms with Crippen molar-refractivity contribution in [2.45, 2.75) is 13.5 Å². The molecule has 0 saturated carbocycles. The van der Waals surface area contributed by atoms with Gasteiger partial charge in [0.25, 0.3) is 0 Å². The Morgan fingerprint density at radius 2 is 1.86 bits per heavy atom. The topological polar surface area (TPSA) is 89.7 Å². The van der Waals surface area contributed by atoms with Crippen LogP contribution in [0.25, 0.3) is 11.4 Å². The van der Waals surface area contributed by atoms with Crippen LogP contribution in [0.3, 0.4) is 0 Å². The molecule has 2 aromatic carbocycles. The maximum Gasteiger partial charge on any atom is 0.322 e. The van der Waals surface area contributed by atoms with Gasteiger partial charge >= 0.3 is 6.03 Å². The van der Waals surface area contributed by atoms with E-state index in [1.165, 1.54) is 29.2 Å². The fraction of sp³-hybridized carbons (Fsp3) is 0.250. The lowest BCUT2D eigenvalue weighted by Crippen LogP contribution is -2.34. The Balaban J connectivity index is 1.70. The molecule has 0 aliphatic heterocycles. The molecule has 0 atom stereocenters. The summed E-state index contributed by atoms with van der Waals surface area (Å²) in [7, 11) is 3.10. The van der Waals surface area contributed by atoms with Crippen LogP contribution in [0.15, 0.2) is 47.0 Å². The van der Waals surface area contributed by atoms with Crippen LogP contribution in [0.1, 0.15) is 12.8 Å². The van der Waals surface area contributed by atoms with Gasteiger partial charge in [-0.3, -0.25) is 0 Å². The summed E-state index contributed by atoms with van der Waals surface area (Å²) in [6.07, 6.45) is 0. The minimum Gasteiger partial charge on any atom is -0.493 e. The van der Waals surface area contributed by atoms with Crippen molar-refractivity contribution in [2.24, 2.45) is 0 Å². The van der Waals surface area contributed by atoms with E-state index in [2.05, 4.69) is 15.5 Å². The Labute approximate surface area is 167 Å². The van der Waals surface area contributed by atoms with Gasteiger partial charge in [-0.05, 0) is 49.4 Å². The third-order valence-electron chi connectivity index (χ3n) is 4.20. The number of aromatic nitrogens is 2. The van der Waals surface area contributed by atoms with Gasteiger partial charge in [-0.15, -0.1) is 0 Å². The zero-order valence-corrected chi connectivity index (χ0v) is 16.3. The Bertz CT molecular complexity index is 975. The van der Waals surface area contributed by atoms with Crippen LogP contribution >= 0.6 is 0 Å². The lowest BCUT2D eigenvalue weighted by Gasteiger charge is -2.19. The van der Waals surface area contributed by atoms with Crippen molar-refractivity contribution in [1.29, 1.82) is 0 Å². The molecule has 2 amide bonds. The standard InChI is InChI=1S/C20H21FN4O4/c1-4-25(20(26)22-15-8-6-14(21)7-9-15)12-18-23-19(24-29-18)13-5-10-16(27-2)17(11-13)28-3/h5-11H,4,12H2,1-3H3,(H,22,26). The maximum atomic E-state index is 13.0. The summed E-state index contributed by atoms with van der Waals surface area (Å²) in [4.78, 5) is 18.3. The molecule has 29 heavy (non-hydrogen) atoms. The number of nitrogens with one attached hydrogen (secondary N) is 1. The molecule has 0 saturated heterocycles. The van der Waals surface area contributed by atoms with Gasteiger partial charge in [-0.1, -0.05) is 5.16 Å². The minimum absolute atomic E-state index is 0.129. The summed E-state index contributed by atoms with van der Waals surface area (Å²) in [6, 6.07) is 10.5. The predicted octanol–water partition coefficient (Wildman–Crippen LogP) is 3.95. The van der Waals surface area contributed by atoms with Crippen LogP contribution in [0.2, 0.25) is 0 Å². The summed E-state index contributed by atoms with van der Waals surface area (Å²) in [5.41, 5.74) is 1.18. The van der Waals surface area contributed by atoms with Gasteiger partial charge in [0.05, 0.1) is 14.2 Å². The van der Waals surface area contributed by atoms with Crippen LogP contribution in [0, 0.1) is 5.82 Å². The molecule has 152 valence electrons. The first-order valence-electron chi connectivity index (χ1n) is 8.90. The van der Waals surface area contributed by atoms with E-state index in [0.717, 1.165) is 0 Å². The average Bonchev–Trinajstić information content (AvgIpc) is 3.21. The molecule has 0 unspecified atom stereocenters. The highest BCUT2D eigenvalue weighted by molar-refractivity contribution is 5.89. The van der Waals surface area contributed by atoms with E-state index in [0.29, 0.717) is 35.1 Å². The number of nitrogens with zero attached hydrogens (tertiary/aromatic N) is 3. The van der Waals surface area contributed by atoms with Crippen LogP contribution in [0.4, 0.5) is 14.9 Å². The number of amides is 2. The molecule has 0 bridgehead atoms. The third kappa shape index (κ3) is 4.81. The zero-order valence-electron chi connectivity index (χ0n) is 16.3. The molecule has 3 rings (SSSR count). The molecular weight excluding hydrogens is 379 g/mol. The second-order valence-electron chi connectivity index (χ2n) is 6.03. The van der Waals surface area contributed by atoms with Crippen molar-refractivity contribution in [3.05, 3.63) is 54.2 Å². The predicted molar refractivity (Wildman–Crippen MR) is 104 cm³/mol. The van der Waals surface area contributed by atoms with E-state index in [1.54, 1.807) is 32.4 Å². The number of halogens is 1. The van der Waals surface area contributed by atoms with E-state index >= 15 is 0 Å². The summed E-state index contributed by atoms with van der Waals surface area (Å²) < 4.78 is 28.8. The monoisotopic (exact) mass is 400 g/mol. The van der Waals surface area contributed by atoms with Gasteiger partial charge in [0.2, 0.25) is 11.7 Å². The van der Waals surface area contributed by atoms with E-state index in [1.807, 2.05) is 6.92 Å². The molecule has 9 heteroatoms. The zero-order chi connectivity index (χ0) is 20.8. The van der Waals surface area contributed by atoms with Crippen molar-refractivity contribution in [3.8, 4) is 22.9 Å². The number of ether oxygens (including phenoxy) is 2. The van der Waals surface area contributed by atoms with E-state index in [4.69, 9.17) is 14.0 Å². The molecule has 1 heterocycles. The molecule has 0 aliphatic rings. The first kappa shape index (κ1) is 20.1. The number of urea groups is 1. The number of benzene rings is 2. The lowest BCUT2D eigenvalue weighted by molar-refractivity contribution is 0.203. The molecular formula is C20H21FN4O4. The van der Waals surface area contributed by atoms with E-state index in [-0.39, 0.29) is 24.3 Å². The normalized spacial score (nSPS) is 10.5. The molecule has 0 spiro atoms. The average molecular weight is 400 g/mol. The number of rotatable bonds is 7. The van der Waals surface area contributed by atoms with Crippen LogP contribution in [-0.4, -0.2) is 41.8 Å². The number of carbonyl (C=O) groups is 1. The summed E-state index contributed by atoms with van der Waals surface area (Å²) in [6.45, 7) is 2.38. The number of carbonyl (C=O) groups excluding carboxylic acids is 1. The molecule has 0 aliphatic carbocycles. The lowest BCUT2D eigenvalue weighted by atomic mass is 10.2. The number of anilines is 1. The SMILES string of the molecule is CCN(Cc1nc(-c2ccc(OC)c(OC)c2)no1)C(=O)Nc1ccc(F)cc1. The number of hydrogen-bond donors (Lipinski definition) is 1. The molecule has 1 aromatic heterocycles. The van der Waals surface area contributed by atoms with Gasteiger partial charge in [-0.2, -0.15) is 4.98 Å². The van der Waals surface area contributed by atoms with Crippen molar-refractivity contribution >= 4 is 11.7 Å². The van der Waals surface area contributed by atoms with E-state index in [9.17, 15) is 9.18 Å².